The molecule has 0 saturated heterocycles. The molecular formula is C5H15BrNP. The smallest absolute Gasteiger partial charge is 0.0734 e. The molecule has 0 unspecified atom stereocenters. The van der Waals surface area contributed by atoms with Crippen LogP contribution in [0.3, 0.4) is 0 Å². The van der Waals surface area contributed by atoms with Crippen LogP contribution in [0.15, 0.2) is 0 Å². The Labute approximate surface area is 63.6 Å². The topological polar surface area (TPSA) is 3.24 Å². The highest BCUT2D eigenvalue weighted by Gasteiger charge is 2.19. The van der Waals surface area contributed by atoms with Crippen molar-refractivity contribution in [1.82, 2.24) is 4.67 Å². The van der Waals surface area contributed by atoms with Crippen LogP contribution in [0.5, 0.6) is 0 Å². The van der Waals surface area contributed by atoms with Gasteiger partial charge in [-0.15, -0.1) is 0 Å². The van der Waals surface area contributed by atoms with Gasteiger partial charge in [0.1, 0.15) is 0 Å². The molecule has 0 aromatic heterocycles. The van der Waals surface area contributed by atoms with Gasteiger partial charge in [0.25, 0.3) is 0 Å². The van der Waals surface area contributed by atoms with Gasteiger partial charge in [-0.05, 0) is 0 Å². The van der Waals surface area contributed by atoms with Crippen LogP contribution in [0, 0.1) is 0 Å². The second-order valence-electron chi connectivity index (χ2n) is 2.79. The third-order valence-electron chi connectivity index (χ3n) is 1.20. The molecule has 0 N–H and O–H groups in total. The predicted molar refractivity (Wildman–Crippen MR) is 38.4 cm³/mol. The molecule has 0 aliphatic carbocycles. The Morgan fingerprint density at radius 1 is 1.00 bits per heavy atom. The minimum Gasteiger partial charge on any atom is -1.00 e. The van der Waals surface area contributed by atoms with Gasteiger partial charge in [0, 0.05) is 14.1 Å². The molecule has 0 spiro atoms. The predicted octanol–water partition coefficient (Wildman–Crippen LogP) is -1.63. The van der Waals surface area contributed by atoms with Crippen molar-refractivity contribution in [2.75, 3.05) is 34.1 Å². The van der Waals surface area contributed by atoms with Crippen molar-refractivity contribution < 1.29 is 17.0 Å². The SMILES string of the molecule is CN(C)[P+](C)(C)C.[Br-]. The third-order valence-corrected chi connectivity index (χ3v) is 3.60. The lowest BCUT2D eigenvalue weighted by Crippen LogP contribution is -3.00. The van der Waals surface area contributed by atoms with Crippen LogP contribution < -0.4 is 17.0 Å². The zero-order chi connectivity index (χ0) is 6.08. The summed E-state index contributed by atoms with van der Waals surface area (Å²) in [7, 11) is 3.61. The van der Waals surface area contributed by atoms with Gasteiger partial charge in [-0.25, -0.2) is 0 Å². The Morgan fingerprint density at radius 2 is 1.12 bits per heavy atom. The lowest BCUT2D eigenvalue weighted by molar-refractivity contribution is -0.00000190. The molecule has 0 amide bonds. The van der Waals surface area contributed by atoms with Crippen molar-refractivity contribution in [3.8, 4) is 0 Å². The molecule has 0 aliphatic rings. The van der Waals surface area contributed by atoms with Crippen LogP contribution in [-0.2, 0) is 0 Å². The summed E-state index contributed by atoms with van der Waals surface area (Å²) >= 11 is 0. The Morgan fingerprint density at radius 3 is 1.12 bits per heavy atom. The summed E-state index contributed by atoms with van der Waals surface area (Å²) in [6.45, 7) is 6.90. The van der Waals surface area contributed by atoms with E-state index in [0.717, 1.165) is 0 Å². The maximum Gasteiger partial charge on any atom is 0.0734 e. The Bertz CT molecular complexity index is 57.9. The Balaban J connectivity index is 0. The van der Waals surface area contributed by atoms with Crippen LogP contribution in [-0.4, -0.2) is 38.8 Å². The molecule has 0 bridgehead atoms. The molecule has 0 aliphatic heterocycles. The van der Waals surface area contributed by atoms with Gasteiger partial charge in [0.05, 0.1) is 27.4 Å². The second kappa shape index (κ2) is 3.81. The number of hydrogen-bond acceptors (Lipinski definition) is 1. The van der Waals surface area contributed by atoms with Crippen LogP contribution in [0.25, 0.3) is 0 Å². The van der Waals surface area contributed by atoms with Crippen molar-refractivity contribution in [3.05, 3.63) is 0 Å². The fourth-order valence-corrected chi connectivity index (χ4v) is 0. The fraction of sp³-hybridized carbons (Fsp3) is 1.00. The van der Waals surface area contributed by atoms with Gasteiger partial charge in [0.15, 0.2) is 0 Å². The van der Waals surface area contributed by atoms with Gasteiger partial charge in [-0.2, -0.15) is 4.67 Å². The highest BCUT2D eigenvalue weighted by atomic mass is 79.9. The summed E-state index contributed by atoms with van der Waals surface area (Å²) in [5.74, 6) is 0. The number of rotatable bonds is 1. The van der Waals surface area contributed by atoms with Crippen molar-refractivity contribution in [1.29, 1.82) is 0 Å². The largest absolute Gasteiger partial charge is 1.00 e. The Kier molecular flexibility index (Phi) is 5.55. The summed E-state index contributed by atoms with van der Waals surface area (Å²) in [5.41, 5.74) is 0. The van der Waals surface area contributed by atoms with Gasteiger partial charge in [-0.1, -0.05) is 0 Å². The van der Waals surface area contributed by atoms with Crippen molar-refractivity contribution >= 4 is 7.41 Å². The van der Waals surface area contributed by atoms with E-state index in [2.05, 4.69) is 38.8 Å². The minimum atomic E-state index is -0.654. The van der Waals surface area contributed by atoms with E-state index in [1.807, 2.05) is 0 Å². The number of hydrogen-bond donors (Lipinski definition) is 0. The highest BCUT2D eigenvalue weighted by Crippen LogP contribution is 2.47. The zero-order valence-corrected chi connectivity index (χ0v) is 8.75. The molecule has 0 aromatic rings. The van der Waals surface area contributed by atoms with E-state index in [9.17, 15) is 0 Å². The quantitative estimate of drug-likeness (QED) is 0.459. The molecule has 0 fully saturated rings. The van der Waals surface area contributed by atoms with Gasteiger partial charge in [0.2, 0.25) is 0 Å². The summed E-state index contributed by atoms with van der Waals surface area (Å²) in [6.07, 6.45) is 0. The van der Waals surface area contributed by atoms with Crippen LogP contribution in [0.1, 0.15) is 0 Å². The molecule has 8 heavy (non-hydrogen) atoms. The lowest BCUT2D eigenvalue weighted by atomic mass is 11.3. The van der Waals surface area contributed by atoms with Crippen LogP contribution in [0.4, 0.5) is 0 Å². The molecule has 1 nitrogen and oxygen atoms in total. The third kappa shape index (κ3) is 5.02. The summed E-state index contributed by atoms with van der Waals surface area (Å²) in [5, 5.41) is 0. The van der Waals surface area contributed by atoms with E-state index in [0.29, 0.717) is 0 Å². The molecule has 0 rings (SSSR count). The normalized spacial score (nSPS) is 11.2. The summed E-state index contributed by atoms with van der Waals surface area (Å²) in [6, 6.07) is 0. The second-order valence-corrected chi connectivity index (χ2v) is 7.47. The monoisotopic (exact) mass is 199 g/mol. The molecule has 0 aromatic carbocycles. The van der Waals surface area contributed by atoms with E-state index >= 15 is 0 Å². The summed E-state index contributed by atoms with van der Waals surface area (Å²) < 4.78 is 2.30. The van der Waals surface area contributed by atoms with E-state index in [4.69, 9.17) is 0 Å². The first-order valence-electron chi connectivity index (χ1n) is 2.44. The van der Waals surface area contributed by atoms with Gasteiger partial charge < -0.3 is 17.0 Å². The van der Waals surface area contributed by atoms with Crippen molar-refractivity contribution in [3.63, 3.8) is 0 Å². The van der Waals surface area contributed by atoms with Crippen molar-refractivity contribution in [2.45, 2.75) is 0 Å². The maximum atomic E-state index is 2.30. The lowest BCUT2D eigenvalue weighted by Gasteiger charge is -2.18. The minimum absolute atomic E-state index is 0. The molecule has 0 atom stereocenters. The maximum absolute atomic E-state index is 2.30. The molecule has 0 radical (unpaired) electrons. The van der Waals surface area contributed by atoms with E-state index in [-0.39, 0.29) is 17.0 Å². The molecule has 0 heterocycles. The number of halogens is 1. The Hall–Kier alpha value is 0.870. The van der Waals surface area contributed by atoms with Gasteiger partial charge in [-0.3, -0.25) is 0 Å². The standard InChI is InChI=1S/C5H15NP.BrH/c1-6(2)7(3,4)5;/h1-5H3;1H/q+1;/p-1. The molecule has 52 valence electrons. The molecular weight excluding hydrogens is 185 g/mol. The average Bonchev–Trinajstić information content (AvgIpc) is 1.31. The van der Waals surface area contributed by atoms with Crippen LogP contribution in [0.2, 0.25) is 0 Å². The van der Waals surface area contributed by atoms with Crippen molar-refractivity contribution in [2.24, 2.45) is 0 Å². The van der Waals surface area contributed by atoms with E-state index in [1.165, 1.54) is 0 Å². The van der Waals surface area contributed by atoms with E-state index in [1.54, 1.807) is 0 Å². The first-order valence-corrected chi connectivity index (χ1v) is 5.52. The summed E-state index contributed by atoms with van der Waals surface area (Å²) in [4.78, 5) is 0. The average molecular weight is 200 g/mol. The molecule has 0 saturated carbocycles. The zero-order valence-electron chi connectivity index (χ0n) is 6.27. The van der Waals surface area contributed by atoms with Crippen LogP contribution >= 0.6 is 7.41 Å². The molecule has 3 heteroatoms. The highest BCUT2D eigenvalue weighted by molar-refractivity contribution is 7.71. The first-order chi connectivity index (χ1) is 2.94. The first kappa shape index (κ1) is 11.6. The fourth-order valence-electron chi connectivity index (χ4n) is 0. The van der Waals surface area contributed by atoms with Gasteiger partial charge >= 0.3 is 0 Å². The number of nitrogens with zero attached hydrogens (tertiary/aromatic N) is 1. The van der Waals surface area contributed by atoms with E-state index < -0.39 is 7.41 Å².